The number of nitrogens with zero attached hydrogens (tertiary/aromatic N) is 3. The van der Waals surface area contributed by atoms with Crippen molar-refractivity contribution in [1.82, 2.24) is 13.5 Å². The molecule has 0 aromatic rings. The van der Waals surface area contributed by atoms with Gasteiger partial charge in [-0.2, -0.15) is 17.0 Å². The fourth-order valence-electron chi connectivity index (χ4n) is 3.48. The van der Waals surface area contributed by atoms with E-state index in [1.165, 1.54) is 0 Å². The summed E-state index contributed by atoms with van der Waals surface area (Å²) >= 11 is 5.92. The topological polar surface area (TPSA) is 43.9 Å². The third-order valence-corrected chi connectivity index (χ3v) is 7.21. The van der Waals surface area contributed by atoms with Gasteiger partial charge in [-0.05, 0) is 38.3 Å². The first-order valence-electron chi connectivity index (χ1n) is 8.08. The molecule has 0 radical (unpaired) electrons. The summed E-state index contributed by atoms with van der Waals surface area (Å²) in [6.45, 7) is 8.73. The lowest BCUT2D eigenvalue weighted by Gasteiger charge is -2.34. The molecule has 0 aromatic heterocycles. The van der Waals surface area contributed by atoms with Gasteiger partial charge in [-0.15, -0.1) is 11.6 Å². The zero-order chi connectivity index (χ0) is 15.5. The minimum atomic E-state index is -3.31. The Hall–Kier alpha value is 0.120. The van der Waals surface area contributed by atoms with Crippen molar-refractivity contribution in [3.05, 3.63) is 0 Å². The van der Waals surface area contributed by atoms with Crippen molar-refractivity contribution < 1.29 is 8.42 Å². The average molecular weight is 338 g/mol. The van der Waals surface area contributed by atoms with Crippen molar-refractivity contribution in [2.24, 2.45) is 5.92 Å². The third kappa shape index (κ3) is 3.91. The number of halogens is 1. The zero-order valence-electron chi connectivity index (χ0n) is 13.2. The Bertz CT molecular complexity index is 428. The molecule has 5 nitrogen and oxygen atoms in total. The van der Waals surface area contributed by atoms with Crippen LogP contribution in [0.5, 0.6) is 0 Å². The first-order valence-corrected chi connectivity index (χ1v) is 10.0. The molecule has 0 aliphatic carbocycles. The Labute approximate surface area is 134 Å². The van der Waals surface area contributed by atoms with Crippen molar-refractivity contribution >= 4 is 21.8 Å². The molecular formula is C14H28ClN3O2S. The fourth-order valence-corrected chi connectivity index (χ4v) is 5.52. The van der Waals surface area contributed by atoms with Crippen molar-refractivity contribution in [2.75, 3.05) is 45.1 Å². The van der Waals surface area contributed by atoms with Crippen LogP contribution in [0.4, 0.5) is 0 Å². The molecule has 124 valence electrons. The number of rotatable bonds is 6. The Morgan fingerprint density at radius 3 is 2.38 bits per heavy atom. The van der Waals surface area contributed by atoms with Gasteiger partial charge in [0.05, 0.1) is 0 Å². The summed E-state index contributed by atoms with van der Waals surface area (Å²) in [5, 5.41) is 0. The van der Waals surface area contributed by atoms with Gasteiger partial charge in [0, 0.05) is 38.1 Å². The number of piperidine rings is 1. The van der Waals surface area contributed by atoms with Crippen LogP contribution >= 0.6 is 11.6 Å². The molecule has 2 atom stereocenters. The Morgan fingerprint density at radius 1 is 1.10 bits per heavy atom. The van der Waals surface area contributed by atoms with E-state index >= 15 is 0 Å². The van der Waals surface area contributed by atoms with E-state index in [1.807, 2.05) is 0 Å². The summed E-state index contributed by atoms with van der Waals surface area (Å²) in [5.41, 5.74) is 0. The normalized spacial score (nSPS) is 29.3. The van der Waals surface area contributed by atoms with Crippen LogP contribution in [0, 0.1) is 5.92 Å². The van der Waals surface area contributed by atoms with Crippen molar-refractivity contribution in [2.45, 2.75) is 39.2 Å². The highest BCUT2D eigenvalue weighted by Gasteiger charge is 2.38. The maximum Gasteiger partial charge on any atom is 0.282 e. The van der Waals surface area contributed by atoms with E-state index in [0.717, 1.165) is 32.4 Å². The van der Waals surface area contributed by atoms with Crippen LogP contribution in [-0.2, 0) is 10.2 Å². The largest absolute Gasteiger partial charge is 0.300 e. The van der Waals surface area contributed by atoms with Gasteiger partial charge in [-0.25, -0.2) is 0 Å². The molecule has 0 N–H and O–H groups in total. The summed E-state index contributed by atoms with van der Waals surface area (Å²) < 4.78 is 28.9. The summed E-state index contributed by atoms with van der Waals surface area (Å²) in [4.78, 5) is 2.35. The zero-order valence-corrected chi connectivity index (χ0v) is 14.7. The van der Waals surface area contributed by atoms with E-state index < -0.39 is 10.2 Å². The van der Waals surface area contributed by atoms with Crippen LogP contribution in [-0.4, -0.2) is 73.1 Å². The predicted octanol–water partition coefficient (Wildman–Crippen LogP) is 1.60. The summed E-state index contributed by atoms with van der Waals surface area (Å²) in [7, 11) is -3.31. The molecule has 2 unspecified atom stereocenters. The molecule has 2 fully saturated rings. The molecule has 7 heteroatoms. The quantitative estimate of drug-likeness (QED) is 0.691. The average Bonchev–Trinajstić information content (AvgIpc) is 2.99. The second-order valence-corrected chi connectivity index (χ2v) is 8.29. The maximum atomic E-state index is 12.8. The first-order chi connectivity index (χ1) is 10.0. The highest BCUT2D eigenvalue weighted by Crippen LogP contribution is 2.25. The summed E-state index contributed by atoms with van der Waals surface area (Å²) in [5.74, 6) is 0.852. The van der Waals surface area contributed by atoms with Gasteiger partial charge < -0.3 is 0 Å². The first kappa shape index (κ1) is 17.5. The van der Waals surface area contributed by atoms with Gasteiger partial charge in [0.2, 0.25) is 0 Å². The molecule has 0 bridgehead atoms. The van der Waals surface area contributed by atoms with Gasteiger partial charge in [0.15, 0.2) is 0 Å². The standard InChI is InChI=1S/C14H28ClN3O2S/c1-3-16(4-2)14-7-9-18(12-14)21(19,20)17-8-5-6-13(10-15)11-17/h13-14H,3-12H2,1-2H3. The lowest BCUT2D eigenvalue weighted by molar-refractivity contribution is 0.220. The highest BCUT2D eigenvalue weighted by atomic mass is 35.5. The van der Waals surface area contributed by atoms with Gasteiger partial charge >= 0.3 is 0 Å². The molecule has 2 heterocycles. The minimum Gasteiger partial charge on any atom is -0.300 e. The number of alkyl halides is 1. The van der Waals surface area contributed by atoms with Crippen LogP contribution in [0.15, 0.2) is 0 Å². The van der Waals surface area contributed by atoms with Crippen LogP contribution in [0.1, 0.15) is 33.1 Å². The second kappa shape index (κ2) is 7.59. The molecule has 2 aliphatic rings. The van der Waals surface area contributed by atoms with E-state index in [4.69, 9.17) is 11.6 Å². The maximum absolute atomic E-state index is 12.8. The molecule has 2 saturated heterocycles. The van der Waals surface area contributed by atoms with Crippen LogP contribution in [0.2, 0.25) is 0 Å². The predicted molar refractivity (Wildman–Crippen MR) is 86.8 cm³/mol. The Morgan fingerprint density at radius 2 is 1.76 bits per heavy atom. The Balaban J connectivity index is 2.00. The van der Waals surface area contributed by atoms with Crippen molar-refractivity contribution in [3.8, 4) is 0 Å². The van der Waals surface area contributed by atoms with E-state index in [-0.39, 0.29) is 0 Å². The summed E-state index contributed by atoms with van der Waals surface area (Å²) in [6, 6.07) is 0.364. The monoisotopic (exact) mass is 337 g/mol. The molecule has 0 spiro atoms. The third-order valence-electron chi connectivity index (χ3n) is 4.81. The smallest absolute Gasteiger partial charge is 0.282 e. The molecule has 21 heavy (non-hydrogen) atoms. The van der Waals surface area contributed by atoms with Crippen LogP contribution < -0.4 is 0 Å². The van der Waals surface area contributed by atoms with Gasteiger partial charge in [-0.3, -0.25) is 4.90 Å². The molecule has 0 aromatic carbocycles. The highest BCUT2D eigenvalue weighted by molar-refractivity contribution is 7.86. The number of hydrogen-bond acceptors (Lipinski definition) is 3. The second-order valence-electron chi connectivity index (χ2n) is 6.05. The molecule has 2 aliphatic heterocycles. The minimum absolute atomic E-state index is 0.302. The molecular weight excluding hydrogens is 310 g/mol. The van der Waals surface area contributed by atoms with Gasteiger partial charge in [0.25, 0.3) is 10.2 Å². The van der Waals surface area contributed by atoms with E-state index in [2.05, 4.69) is 18.7 Å². The van der Waals surface area contributed by atoms with E-state index in [1.54, 1.807) is 8.61 Å². The SMILES string of the molecule is CCN(CC)C1CCN(S(=O)(=O)N2CCCC(CCl)C2)C1. The Kier molecular flexibility index (Phi) is 6.32. The molecule has 0 saturated carbocycles. The van der Waals surface area contributed by atoms with Crippen LogP contribution in [0.25, 0.3) is 0 Å². The number of likely N-dealkylation sites (N-methyl/N-ethyl adjacent to an activating group) is 1. The van der Waals surface area contributed by atoms with E-state index in [0.29, 0.717) is 44.0 Å². The lowest BCUT2D eigenvalue weighted by Crippen LogP contribution is -2.48. The lowest BCUT2D eigenvalue weighted by atomic mass is 10.0. The van der Waals surface area contributed by atoms with Gasteiger partial charge in [-0.1, -0.05) is 13.8 Å². The van der Waals surface area contributed by atoms with Gasteiger partial charge in [0.1, 0.15) is 0 Å². The molecule has 2 rings (SSSR count). The van der Waals surface area contributed by atoms with Crippen molar-refractivity contribution in [1.29, 1.82) is 0 Å². The molecule has 0 amide bonds. The van der Waals surface area contributed by atoms with Crippen LogP contribution in [0.3, 0.4) is 0 Å². The summed E-state index contributed by atoms with van der Waals surface area (Å²) in [6.07, 6.45) is 2.90. The number of hydrogen-bond donors (Lipinski definition) is 0. The van der Waals surface area contributed by atoms with E-state index in [9.17, 15) is 8.42 Å². The van der Waals surface area contributed by atoms with Crippen molar-refractivity contribution in [3.63, 3.8) is 0 Å². The fraction of sp³-hybridized carbons (Fsp3) is 1.00.